The zero-order valence-corrected chi connectivity index (χ0v) is 9.04. The van der Waals surface area contributed by atoms with Crippen LogP contribution in [0.2, 0.25) is 0 Å². The van der Waals surface area contributed by atoms with E-state index < -0.39 is 30.3 Å². The van der Waals surface area contributed by atoms with Gasteiger partial charge in [0.25, 0.3) is 6.43 Å². The number of nitrogens with zero attached hydrogens (tertiary/aromatic N) is 1. The number of hydrogen-bond donors (Lipinski definition) is 1. The normalized spacial score (nSPS) is 10.6. The van der Waals surface area contributed by atoms with E-state index in [1.807, 2.05) is 0 Å². The van der Waals surface area contributed by atoms with Crippen molar-refractivity contribution in [3.8, 4) is 0 Å². The van der Waals surface area contributed by atoms with E-state index in [4.69, 9.17) is 5.73 Å². The van der Waals surface area contributed by atoms with Gasteiger partial charge in [-0.2, -0.15) is 4.39 Å². The number of pyridine rings is 1. The van der Waals surface area contributed by atoms with E-state index in [2.05, 4.69) is 9.72 Å². The van der Waals surface area contributed by atoms with E-state index in [1.54, 1.807) is 6.92 Å². The number of carbonyl (C=O) groups is 1. The van der Waals surface area contributed by atoms with Crippen LogP contribution in [0.5, 0.6) is 0 Å². The minimum Gasteiger partial charge on any atom is -0.466 e. The maximum atomic E-state index is 13.1. The first-order valence-electron chi connectivity index (χ1n) is 4.83. The highest BCUT2D eigenvalue weighted by Crippen LogP contribution is 2.28. The Kier molecular flexibility index (Phi) is 4.30. The van der Waals surface area contributed by atoms with Gasteiger partial charge in [-0.1, -0.05) is 0 Å². The van der Waals surface area contributed by atoms with Crippen LogP contribution in [0.25, 0.3) is 0 Å². The molecule has 0 amide bonds. The largest absolute Gasteiger partial charge is 0.466 e. The molecular weight excluding hydrogens is 237 g/mol. The predicted octanol–water partition coefficient (Wildman–Crippen LogP) is 1.85. The molecule has 1 aromatic heterocycles. The highest BCUT2D eigenvalue weighted by molar-refractivity contribution is 5.75. The van der Waals surface area contributed by atoms with Gasteiger partial charge < -0.3 is 10.5 Å². The molecule has 0 unspecified atom stereocenters. The van der Waals surface area contributed by atoms with Crippen molar-refractivity contribution < 1.29 is 22.7 Å². The van der Waals surface area contributed by atoms with Crippen molar-refractivity contribution in [1.29, 1.82) is 0 Å². The highest BCUT2D eigenvalue weighted by atomic mass is 19.3. The molecule has 0 fully saturated rings. The van der Waals surface area contributed by atoms with Crippen molar-refractivity contribution in [1.82, 2.24) is 4.98 Å². The molecule has 94 valence electrons. The number of halogens is 3. The number of carbonyl (C=O) groups excluding carboxylic acids is 1. The lowest BCUT2D eigenvalue weighted by molar-refractivity contribution is -0.142. The van der Waals surface area contributed by atoms with Crippen molar-refractivity contribution in [2.75, 3.05) is 12.3 Å². The number of anilines is 1. The Hall–Kier alpha value is -1.79. The van der Waals surface area contributed by atoms with Crippen molar-refractivity contribution in [2.24, 2.45) is 0 Å². The summed E-state index contributed by atoms with van der Waals surface area (Å²) >= 11 is 0. The molecule has 0 aliphatic rings. The summed E-state index contributed by atoms with van der Waals surface area (Å²) in [5.74, 6) is -2.07. The zero-order chi connectivity index (χ0) is 13.0. The Labute approximate surface area is 95.6 Å². The van der Waals surface area contributed by atoms with E-state index in [9.17, 15) is 18.0 Å². The maximum absolute atomic E-state index is 13.1. The molecule has 4 nitrogen and oxygen atoms in total. The molecular formula is C10H11F3N2O2. The molecule has 0 aromatic carbocycles. The van der Waals surface area contributed by atoms with Gasteiger partial charge in [0.15, 0.2) is 0 Å². The van der Waals surface area contributed by atoms with Crippen LogP contribution < -0.4 is 5.73 Å². The van der Waals surface area contributed by atoms with E-state index in [1.165, 1.54) is 0 Å². The third kappa shape index (κ3) is 3.08. The molecule has 1 rings (SSSR count). The number of nitrogen functional groups attached to an aromatic ring is 1. The van der Waals surface area contributed by atoms with E-state index in [0.717, 1.165) is 6.20 Å². The number of aromatic nitrogens is 1. The highest BCUT2D eigenvalue weighted by Gasteiger charge is 2.23. The van der Waals surface area contributed by atoms with Crippen LogP contribution >= 0.6 is 0 Å². The standard InChI is InChI=1S/C10H11F3N2O2/c1-2-17-7(16)3-5-6(14)4-15-10(13)8(5)9(11)12/h4,9H,2-3,14H2,1H3. The monoisotopic (exact) mass is 248 g/mol. The Morgan fingerprint density at radius 1 is 1.59 bits per heavy atom. The Bertz CT molecular complexity index is 424. The summed E-state index contributed by atoms with van der Waals surface area (Å²) in [6.45, 7) is 1.68. The Morgan fingerprint density at radius 2 is 2.24 bits per heavy atom. The van der Waals surface area contributed by atoms with Crippen LogP contribution in [0.3, 0.4) is 0 Å². The van der Waals surface area contributed by atoms with Gasteiger partial charge in [0.05, 0.1) is 30.5 Å². The fourth-order valence-corrected chi connectivity index (χ4v) is 1.33. The fraction of sp³-hybridized carbons (Fsp3) is 0.400. The van der Waals surface area contributed by atoms with Crippen LogP contribution in [-0.4, -0.2) is 17.6 Å². The average Bonchev–Trinajstić information content (AvgIpc) is 2.23. The van der Waals surface area contributed by atoms with Crippen molar-refractivity contribution >= 4 is 11.7 Å². The molecule has 0 radical (unpaired) electrons. The summed E-state index contributed by atoms with van der Waals surface area (Å²) in [6.07, 6.45) is -2.69. The second kappa shape index (κ2) is 5.51. The molecule has 0 atom stereocenters. The first-order chi connectivity index (χ1) is 7.97. The molecule has 1 heterocycles. The van der Waals surface area contributed by atoms with Gasteiger partial charge in [0.1, 0.15) is 0 Å². The molecule has 0 saturated heterocycles. The maximum Gasteiger partial charge on any atom is 0.310 e. The quantitative estimate of drug-likeness (QED) is 0.652. The summed E-state index contributed by atoms with van der Waals surface area (Å²) in [4.78, 5) is 14.3. The Morgan fingerprint density at radius 3 is 2.76 bits per heavy atom. The van der Waals surface area contributed by atoms with Gasteiger partial charge >= 0.3 is 5.97 Å². The third-order valence-electron chi connectivity index (χ3n) is 2.06. The first kappa shape index (κ1) is 13.3. The lowest BCUT2D eigenvalue weighted by Crippen LogP contribution is -2.13. The van der Waals surface area contributed by atoms with Gasteiger partial charge in [-0.25, -0.2) is 13.8 Å². The minimum atomic E-state index is -3.09. The van der Waals surface area contributed by atoms with Crippen LogP contribution in [0.15, 0.2) is 6.20 Å². The topological polar surface area (TPSA) is 65.2 Å². The molecule has 0 aliphatic carbocycles. The Balaban J connectivity index is 3.12. The summed E-state index contributed by atoms with van der Waals surface area (Å²) in [7, 11) is 0. The zero-order valence-electron chi connectivity index (χ0n) is 9.04. The summed E-state index contributed by atoms with van der Waals surface area (Å²) < 4.78 is 42.9. The molecule has 7 heteroatoms. The SMILES string of the molecule is CCOC(=O)Cc1c(N)cnc(F)c1C(F)F. The second-order valence-corrected chi connectivity index (χ2v) is 3.18. The molecule has 0 aliphatic heterocycles. The van der Waals surface area contributed by atoms with E-state index in [0.29, 0.717) is 0 Å². The number of rotatable bonds is 4. The van der Waals surface area contributed by atoms with Crippen molar-refractivity contribution in [2.45, 2.75) is 19.8 Å². The molecule has 0 spiro atoms. The lowest BCUT2D eigenvalue weighted by atomic mass is 10.1. The summed E-state index contributed by atoms with van der Waals surface area (Å²) in [5, 5.41) is 0. The van der Waals surface area contributed by atoms with Crippen LogP contribution in [-0.2, 0) is 16.0 Å². The van der Waals surface area contributed by atoms with Gasteiger partial charge in [0.2, 0.25) is 5.95 Å². The fourth-order valence-electron chi connectivity index (χ4n) is 1.33. The third-order valence-corrected chi connectivity index (χ3v) is 2.06. The van der Waals surface area contributed by atoms with E-state index in [-0.39, 0.29) is 17.9 Å². The van der Waals surface area contributed by atoms with Crippen LogP contribution in [0.4, 0.5) is 18.9 Å². The van der Waals surface area contributed by atoms with Gasteiger partial charge in [-0.15, -0.1) is 0 Å². The van der Waals surface area contributed by atoms with Crippen molar-refractivity contribution in [3.63, 3.8) is 0 Å². The lowest BCUT2D eigenvalue weighted by Gasteiger charge is -2.11. The number of ether oxygens (including phenoxy) is 1. The van der Waals surface area contributed by atoms with Crippen molar-refractivity contribution in [3.05, 3.63) is 23.3 Å². The summed E-state index contributed by atoms with van der Waals surface area (Å²) in [6, 6.07) is 0. The summed E-state index contributed by atoms with van der Waals surface area (Å²) in [5.41, 5.74) is 4.03. The molecule has 2 N–H and O–H groups in total. The number of esters is 1. The second-order valence-electron chi connectivity index (χ2n) is 3.18. The van der Waals surface area contributed by atoms with Gasteiger partial charge in [-0.05, 0) is 6.92 Å². The minimum absolute atomic E-state index is 0.107. The molecule has 0 saturated carbocycles. The van der Waals surface area contributed by atoms with Gasteiger partial charge in [0, 0.05) is 5.56 Å². The molecule has 17 heavy (non-hydrogen) atoms. The number of nitrogens with two attached hydrogens (primary N) is 1. The van der Waals surface area contributed by atoms with Crippen LogP contribution in [0.1, 0.15) is 24.5 Å². The van der Waals surface area contributed by atoms with Crippen LogP contribution in [0, 0.1) is 5.95 Å². The number of hydrogen-bond acceptors (Lipinski definition) is 4. The van der Waals surface area contributed by atoms with Gasteiger partial charge in [-0.3, -0.25) is 4.79 Å². The molecule has 1 aromatic rings. The average molecular weight is 248 g/mol. The first-order valence-corrected chi connectivity index (χ1v) is 4.83. The predicted molar refractivity (Wildman–Crippen MR) is 53.9 cm³/mol. The molecule has 0 bridgehead atoms. The smallest absolute Gasteiger partial charge is 0.310 e. The number of alkyl halides is 2. The van der Waals surface area contributed by atoms with E-state index >= 15 is 0 Å².